The number of nitrogens with one attached hydrogen (secondary N) is 2. The number of carbonyl (C=O) groups is 2. The molecule has 0 atom stereocenters. The molecule has 3 N–H and O–H groups in total. The number of rotatable bonds is 8. The van der Waals surface area contributed by atoms with Gasteiger partial charge in [-0.25, -0.2) is 0 Å². The van der Waals surface area contributed by atoms with Gasteiger partial charge < -0.3 is 15.7 Å². The van der Waals surface area contributed by atoms with Gasteiger partial charge >= 0.3 is 0 Å². The quantitative estimate of drug-likeness (QED) is 0.599. The number of hydrogen-bond acceptors (Lipinski definition) is 3. The van der Waals surface area contributed by atoms with Gasteiger partial charge in [-0.1, -0.05) is 32.6 Å². The molecule has 0 aromatic heterocycles. The molecular weight excluding hydrogens is 268 g/mol. The lowest BCUT2D eigenvalue weighted by atomic mass is 9.94. The van der Waals surface area contributed by atoms with E-state index in [2.05, 4.69) is 10.6 Å². The fourth-order valence-electron chi connectivity index (χ4n) is 2.68. The van der Waals surface area contributed by atoms with E-state index in [0.717, 1.165) is 32.1 Å². The number of carbonyl (C=O) groups excluding carboxylic acids is 2. The molecule has 2 amide bonds. The molecule has 0 unspecified atom stereocenters. The second kappa shape index (κ2) is 9.77. The molecule has 5 heteroatoms. The van der Waals surface area contributed by atoms with E-state index in [1.54, 1.807) is 0 Å². The Labute approximate surface area is 127 Å². The van der Waals surface area contributed by atoms with Crippen molar-refractivity contribution in [3.63, 3.8) is 0 Å². The predicted molar refractivity (Wildman–Crippen MR) is 82.8 cm³/mol. The van der Waals surface area contributed by atoms with E-state index in [-0.39, 0.29) is 11.8 Å². The lowest BCUT2D eigenvalue weighted by molar-refractivity contribution is -0.123. The van der Waals surface area contributed by atoms with Crippen molar-refractivity contribution in [2.24, 2.45) is 0 Å². The Bertz CT molecular complexity index is 323. The van der Waals surface area contributed by atoms with Crippen LogP contribution in [0.1, 0.15) is 71.1 Å². The molecule has 0 aliphatic heterocycles. The Balaban J connectivity index is 2.14. The fraction of sp³-hybridized carbons (Fsp3) is 0.875. The zero-order valence-electron chi connectivity index (χ0n) is 13.2. The van der Waals surface area contributed by atoms with Crippen LogP contribution in [0.2, 0.25) is 0 Å². The molecule has 0 aromatic carbocycles. The summed E-state index contributed by atoms with van der Waals surface area (Å²) in [6, 6.07) is 0. The Morgan fingerprint density at radius 2 is 1.57 bits per heavy atom. The zero-order chi connectivity index (χ0) is 15.6. The van der Waals surface area contributed by atoms with Crippen molar-refractivity contribution in [3.8, 4) is 0 Å². The van der Waals surface area contributed by atoms with Gasteiger partial charge in [-0.05, 0) is 25.7 Å². The SMILES string of the molecule is CCCNC(=O)CCCC(=O)NCC1(O)CCCCCC1. The van der Waals surface area contributed by atoms with Crippen LogP contribution in [-0.4, -0.2) is 35.6 Å². The summed E-state index contributed by atoms with van der Waals surface area (Å²) >= 11 is 0. The molecule has 1 fully saturated rings. The van der Waals surface area contributed by atoms with Gasteiger partial charge in [0.25, 0.3) is 0 Å². The first kappa shape index (κ1) is 18.0. The third-order valence-electron chi connectivity index (χ3n) is 4.03. The van der Waals surface area contributed by atoms with E-state index < -0.39 is 5.60 Å². The molecule has 0 saturated heterocycles. The normalized spacial score (nSPS) is 17.8. The first-order chi connectivity index (χ1) is 10.1. The Morgan fingerprint density at radius 1 is 1.00 bits per heavy atom. The van der Waals surface area contributed by atoms with E-state index >= 15 is 0 Å². The van der Waals surface area contributed by atoms with Crippen LogP contribution in [0.25, 0.3) is 0 Å². The molecule has 1 rings (SSSR count). The van der Waals surface area contributed by atoms with Crippen molar-refractivity contribution in [1.29, 1.82) is 0 Å². The first-order valence-corrected chi connectivity index (χ1v) is 8.31. The monoisotopic (exact) mass is 298 g/mol. The minimum atomic E-state index is -0.731. The summed E-state index contributed by atoms with van der Waals surface area (Å²) in [6.07, 6.45) is 8.15. The molecule has 1 saturated carbocycles. The van der Waals surface area contributed by atoms with Crippen molar-refractivity contribution in [2.45, 2.75) is 76.7 Å². The Kier molecular flexibility index (Phi) is 8.35. The van der Waals surface area contributed by atoms with Crippen LogP contribution in [0.5, 0.6) is 0 Å². The summed E-state index contributed by atoms with van der Waals surface area (Å²) in [5.74, 6) is -0.0667. The summed E-state index contributed by atoms with van der Waals surface area (Å²) in [5.41, 5.74) is -0.731. The topological polar surface area (TPSA) is 78.4 Å². The van der Waals surface area contributed by atoms with Gasteiger partial charge in [0.05, 0.1) is 5.60 Å². The van der Waals surface area contributed by atoms with E-state index in [0.29, 0.717) is 32.4 Å². The third kappa shape index (κ3) is 8.05. The van der Waals surface area contributed by atoms with E-state index in [1.807, 2.05) is 6.92 Å². The molecule has 1 aliphatic rings. The van der Waals surface area contributed by atoms with E-state index in [9.17, 15) is 14.7 Å². The molecule has 5 nitrogen and oxygen atoms in total. The lowest BCUT2D eigenvalue weighted by Crippen LogP contribution is -2.42. The third-order valence-corrected chi connectivity index (χ3v) is 4.03. The highest BCUT2D eigenvalue weighted by Crippen LogP contribution is 2.26. The van der Waals surface area contributed by atoms with Gasteiger partial charge in [-0.15, -0.1) is 0 Å². The fourth-order valence-corrected chi connectivity index (χ4v) is 2.68. The van der Waals surface area contributed by atoms with Crippen LogP contribution in [0.4, 0.5) is 0 Å². The molecular formula is C16H30N2O3. The maximum atomic E-state index is 11.8. The van der Waals surface area contributed by atoms with Crippen LogP contribution < -0.4 is 10.6 Å². The lowest BCUT2D eigenvalue weighted by Gasteiger charge is -2.26. The summed E-state index contributed by atoms with van der Waals surface area (Å²) in [6.45, 7) is 3.04. The van der Waals surface area contributed by atoms with Gasteiger partial charge in [-0.2, -0.15) is 0 Å². The average Bonchev–Trinajstić information content (AvgIpc) is 2.68. The largest absolute Gasteiger partial charge is 0.388 e. The van der Waals surface area contributed by atoms with Gasteiger partial charge in [0.1, 0.15) is 0 Å². The number of hydrogen-bond donors (Lipinski definition) is 3. The maximum absolute atomic E-state index is 11.8. The van der Waals surface area contributed by atoms with Gasteiger partial charge in [0.2, 0.25) is 11.8 Å². The van der Waals surface area contributed by atoms with E-state index in [1.165, 1.54) is 12.8 Å². The highest BCUT2D eigenvalue weighted by molar-refractivity contribution is 5.78. The maximum Gasteiger partial charge on any atom is 0.220 e. The molecule has 0 aromatic rings. The number of aliphatic hydroxyl groups is 1. The van der Waals surface area contributed by atoms with Gasteiger partial charge in [0, 0.05) is 25.9 Å². The number of amides is 2. The minimum Gasteiger partial charge on any atom is -0.388 e. The van der Waals surface area contributed by atoms with Crippen LogP contribution in [0.3, 0.4) is 0 Å². The van der Waals surface area contributed by atoms with Crippen molar-refractivity contribution in [1.82, 2.24) is 10.6 Å². The predicted octanol–water partition coefficient (Wildman–Crippen LogP) is 1.88. The second-order valence-corrected chi connectivity index (χ2v) is 6.12. The average molecular weight is 298 g/mol. The summed E-state index contributed by atoms with van der Waals surface area (Å²) < 4.78 is 0. The molecule has 0 radical (unpaired) electrons. The second-order valence-electron chi connectivity index (χ2n) is 6.12. The highest BCUT2D eigenvalue weighted by Gasteiger charge is 2.28. The molecule has 0 spiro atoms. The summed E-state index contributed by atoms with van der Waals surface area (Å²) in [4.78, 5) is 23.2. The summed E-state index contributed by atoms with van der Waals surface area (Å²) in [5, 5.41) is 16.0. The van der Waals surface area contributed by atoms with Crippen LogP contribution in [0.15, 0.2) is 0 Å². The van der Waals surface area contributed by atoms with Crippen LogP contribution >= 0.6 is 0 Å². The molecule has 122 valence electrons. The van der Waals surface area contributed by atoms with E-state index in [4.69, 9.17) is 0 Å². The van der Waals surface area contributed by atoms with Crippen LogP contribution in [0, 0.1) is 0 Å². The molecule has 1 aliphatic carbocycles. The molecule has 21 heavy (non-hydrogen) atoms. The standard InChI is InChI=1S/C16H30N2O3/c1-2-12-17-14(19)8-7-9-15(20)18-13-16(21)10-5-3-4-6-11-16/h21H,2-13H2,1H3,(H,17,19)(H,18,20). The minimum absolute atomic E-state index is 0.00652. The molecule has 0 bridgehead atoms. The zero-order valence-corrected chi connectivity index (χ0v) is 13.2. The first-order valence-electron chi connectivity index (χ1n) is 8.31. The van der Waals surface area contributed by atoms with Crippen molar-refractivity contribution in [3.05, 3.63) is 0 Å². The Hall–Kier alpha value is -1.10. The van der Waals surface area contributed by atoms with Crippen molar-refractivity contribution >= 4 is 11.8 Å². The smallest absolute Gasteiger partial charge is 0.220 e. The van der Waals surface area contributed by atoms with Crippen molar-refractivity contribution < 1.29 is 14.7 Å². The molecule has 0 heterocycles. The van der Waals surface area contributed by atoms with Crippen molar-refractivity contribution in [2.75, 3.05) is 13.1 Å². The summed E-state index contributed by atoms with van der Waals surface area (Å²) in [7, 11) is 0. The van der Waals surface area contributed by atoms with Gasteiger partial charge in [-0.3, -0.25) is 9.59 Å². The Morgan fingerprint density at radius 3 is 2.14 bits per heavy atom. The van der Waals surface area contributed by atoms with Crippen LogP contribution in [-0.2, 0) is 9.59 Å². The highest BCUT2D eigenvalue weighted by atomic mass is 16.3. The van der Waals surface area contributed by atoms with Gasteiger partial charge in [0.15, 0.2) is 0 Å².